The number of amides is 2. The molecule has 3 aromatic carbocycles. The van der Waals surface area contributed by atoms with Gasteiger partial charge in [-0.25, -0.2) is 8.42 Å². The van der Waals surface area contributed by atoms with Gasteiger partial charge in [-0.1, -0.05) is 66.2 Å². The number of rotatable bonds is 10. The van der Waals surface area contributed by atoms with Crippen molar-refractivity contribution in [2.45, 2.75) is 51.2 Å². The van der Waals surface area contributed by atoms with Gasteiger partial charge in [0.2, 0.25) is 11.8 Å². The summed E-state index contributed by atoms with van der Waals surface area (Å²) in [6.45, 7) is 6.61. The number of hydrogen-bond donors (Lipinski definition) is 1. The molecule has 196 valence electrons. The van der Waals surface area contributed by atoms with Crippen LogP contribution in [0, 0.1) is 6.92 Å². The Kier molecular flexibility index (Phi) is 9.34. The summed E-state index contributed by atoms with van der Waals surface area (Å²) in [5, 5.41) is 3.28. The van der Waals surface area contributed by atoms with Crippen molar-refractivity contribution in [2.24, 2.45) is 0 Å². The molecular weight excluding hydrogens is 510 g/mol. The summed E-state index contributed by atoms with van der Waals surface area (Å²) in [5.74, 6) is -0.877. The molecule has 1 atom stereocenters. The molecule has 0 aliphatic rings. The second-order valence-electron chi connectivity index (χ2n) is 9.06. The Hall–Kier alpha value is -3.36. The highest BCUT2D eigenvalue weighted by molar-refractivity contribution is 7.92. The molecular formula is C28H32ClN3O4S. The van der Waals surface area contributed by atoms with Gasteiger partial charge in [0.25, 0.3) is 10.0 Å². The number of halogens is 1. The second-order valence-corrected chi connectivity index (χ2v) is 11.3. The molecule has 0 aromatic heterocycles. The molecule has 0 aliphatic heterocycles. The van der Waals surface area contributed by atoms with Gasteiger partial charge < -0.3 is 10.2 Å². The highest BCUT2D eigenvalue weighted by Crippen LogP contribution is 2.27. The van der Waals surface area contributed by atoms with Crippen LogP contribution in [0.3, 0.4) is 0 Å². The van der Waals surface area contributed by atoms with Gasteiger partial charge in [-0.05, 0) is 63.1 Å². The highest BCUT2D eigenvalue weighted by atomic mass is 35.5. The average Bonchev–Trinajstić information content (AvgIpc) is 2.87. The van der Waals surface area contributed by atoms with Crippen LogP contribution in [0.15, 0.2) is 83.8 Å². The van der Waals surface area contributed by atoms with E-state index in [1.54, 1.807) is 80.6 Å². The average molecular weight is 542 g/mol. The fraction of sp³-hybridized carbons (Fsp3) is 0.286. The zero-order valence-electron chi connectivity index (χ0n) is 21.4. The SMILES string of the molecule is Cc1ccccc1N(CC(=O)N(Cc1ccccc1Cl)C(C)C(=O)NC(C)C)S(=O)(=O)c1ccccc1. The summed E-state index contributed by atoms with van der Waals surface area (Å²) in [6, 6.07) is 21.0. The third kappa shape index (κ3) is 6.90. The van der Waals surface area contributed by atoms with E-state index in [1.807, 2.05) is 13.8 Å². The van der Waals surface area contributed by atoms with E-state index in [9.17, 15) is 18.0 Å². The van der Waals surface area contributed by atoms with Gasteiger partial charge >= 0.3 is 0 Å². The topological polar surface area (TPSA) is 86.8 Å². The van der Waals surface area contributed by atoms with Crippen LogP contribution >= 0.6 is 11.6 Å². The van der Waals surface area contributed by atoms with Crippen molar-refractivity contribution >= 4 is 39.1 Å². The Morgan fingerprint density at radius 2 is 1.49 bits per heavy atom. The number of para-hydroxylation sites is 1. The molecule has 3 aromatic rings. The van der Waals surface area contributed by atoms with Crippen molar-refractivity contribution in [3.8, 4) is 0 Å². The van der Waals surface area contributed by atoms with E-state index in [4.69, 9.17) is 11.6 Å². The molecule has 3 rings (SSSR count). The van der Waals surface area contributed by atoms with Crippen LogP contribution in [0.2, 0.25) is 5.02 Å². The van der Waals surface area contributed by atoms with Crippen molar-refractivity contribution in [3.05, 3.63) is 95.0 Å². The number of anilines is 1. The Labute approximate surface area is 224 Å². The summed E-state index contributed by atoms with van der Waals surface area (Å²) < 4.78 is 28.6. The molecule has 0 radical (unpaired) electrons. The lowest BCUT2D eigenvalue weighted by Crippen LogP contribution is -2.52. The van der Waals surface area contributed by atoms with E-state index in [-0.39, 0.29) is 23.4 Å². The standard InChI is InChI=1S/C28H32ClN3O4S/c1-20(2)30-28(34)22(4)31(18-23-13-9-10-16-25(23)29)27(33)19-32(26-17-11-8-12-21(26)3)37(35,36)24-14-6-5-7-15-24/h5-17,20,22H,18-19H2,1-4H3,(H,30,34). The van der Waals surface area contributed by atoms with Gasteiger partial charge in [-0.2, -0.15) is 0 Å². The van der Waals surface area contributed by atoms with Crippen LogP contribution in [-0.2, 0) is 26.2 Å². The first kappa shape index (κ1) is 28.2. The molecule has 1 N–H and O–H groups in total. The van der Waals surface area contributed by atoms with E-state index in [1.165, 1.54) is 17.0 Å². The number of nitrogens with zero attached hydrogens (tertiary/aromatic N) is 2. The van der Waals surface area contributed by atoms with E-state index >= 15 is 0 Å². The number of nitrogens with one attached hydrogen (secondary N) is 1. The minimum absolute atomic E-state index is 0.0399. The van der Waals surface area contributed by atoms with Gasteiger partial charge in [0, 0.05) is 17.6 Å². The molecule has 1 unspecified atom stereocenters. The molecule has 9 heteroatoms. The summed E-state index contributed by atoms with van der Waals surface area (Å²) >= 11 is 6.37. The lowest BCUT2D eigenvalue weighted by atomic mass is 10.1. The molecule has 2 amide bonds. The summed E-state index contributed by atoms with van der Waals surface area (Å²) in [5.41, 5.74) is 1.73. The fourth-order valence-corrected chi connectivity index (χ4v) is 5.57. The van der Waals surface area contributed by atoms with Gasteiger partial charge in [0.05, 0.1) is 10.6 Å². The van der Waals surface area contributed by atoms with E-state index < -0.39 is 28.5 Å². The van der Waals surface area contributed by atoms with Crippen molar-refractivity contribution in [1.82, 2.24) is 10.2 Å². The van der Waals surface area contributed by atoms with Crippen LogP contribution in [0.25, 0.3) is 0 Å². The van der Waals surface area contributed by atoms with Crippen LogP contribution in [0.5, 0.6) is 0 Å². The predicted molar refractivity (Wildman–Crippen MR) is 147 cm³/mol. The highest BCUT2D eigenvalue weighted by Gasteiger charge is 2.33. The third-order valence-corrected chi connectivity index (χ3v) is 8.03. The monoisotopic (exact) mass is 541 g/mol. The molecule has 0 aliphatic carbocycles. The molecule has 0 bridgehead atoms. The maximum Gasteiger partial charge on any atom is 0.264 e. The van der Waals surface area contributed by atoms with E-state index in [0.717, 1.165) is 4.31 Å². The lowest BCUT2D eigenvalue weighted by molar-refractivity contribution is -0.139. The molecule has 0 heterocycles. The van der Waals surface area contributed by atoms with Crippen molar-refractivity contribution in [1.29, 1.82) is 0 Å². The van der Waals surface area contributed by atoms with Crippen LogP contribution in [0.4, 0.5) is 5.69 Å². The first-order valence-electron chi connectivity index (χ1n) is 12.0. The minimum Gasteiger partial charge on any atom is -0.352 e. The first-order chi connectivity index (χ1) is 17.5. The predicted octanol–water partition coefficient (Wildman–Crippen LogP) is 4.79. The maximum absolute atomic E-state index is 13.9. The zero-order chi connectivity index (χ0) is 27.2. The summed E-state index contributed by atoms with van der Waals surface area (Å²) in [6.07, 6.45) is 0. The lowest BCUT2D eigenvalue weighted by Gasteiger charge is -2.33. The van der Waals surface area contributed by atoms with E-state index in [0.29, 0.717) is 21.8 Å². The van der Waals surface area contributed by atoms with E-state index in [2.05, 4.69) is 5.32 Å². The Morgan fingerprint density at radius 1 is 0.892 bits per heavy atom. The van der Waals surface area contributed by atoms with Gasteiger partial charge in [0.1, 0.15) is 12.6 Å². The number of sulfonamides is 1. The maximum atomic E-state index is 13.9. The molecule has 0 fully saturated rings. The number of carbonyl (C=O) groups is 2. The van der Waals surface area contributed by atoms with Crippen molar-refractivity contribution in [3.63, 3.8) is 0 Å². The fourth-order valence-electron chi connectivity index (χ4n) is 3.87. The largest absolute Gasteiger partial charge is 0.352 e. The molecule has 0 saturated carbocycles. The molecule has 7 nitrogen and oxygen atoms in total. The third-order valence-electron chi connectivity index (χ3n) is 5.89. The Morgan fingerprint density at radius 3 is 2.11 bits per heavy atom. The number of benzene rings is 3. The molecule has 0 saturated heterocycles. The van der Waals surface area contributed by atoms with Gasteiger partial charge in [-0.3, -0.25) is 13.9 Å². The number of aryl methyl sites for hydroxylation is 1. The zero-order valence-corrected chi connectivity index (χ0v) is 23.0. The Bertz CT molecular complexity index is 1350. The number of hydrogen-bond acceptors (Lipinski definition) is 4. The second kappa shape index (κ2) is 12.3. The molecule has 0 spiro atoms. The van der Waals surface area contributed by atoms with Crippen LogP contribution in [-0.4, -0.2) is 43.8 Å². The normalized spacial score (nSPS) is 12.2. The van der Waals surface area contributed by atoms with Gasteiger partial charge in [0.15, 0.2) is 0 Å². The van der Waals surface area contributed by atoms with Gasteiger partial charge in [-0.15, -0.1) is 0 Å². The summed E-state index contributed by atoms with van der Waals surface area (Å²) in [4.78, 5) is 28.2. The smallest absolute Gasteiger partial charge is 0.264 e. The number of carbonyl (C=O) groups excluding carboxylic acids is 2. The molecule has 37 heavy (non-hydrogen) atoms. The van der Waals surface area contributed by atoms with Crippen molar-refractivity contribution in [2.75, 3.05) is 10.8 Å². The quantitative estimate of drug-likeness (QED) is 0.400. The first-order valence-corrected chi connectivity index (χ1v) is 13.8. The summed E-state index contributed by atoms with van der Waals surface area (Å²) in [7, 11) is -4.09. The van der Waals surface area contributed by atoms with Crippen LogP contribution < -0.4 is 9.62 Å². The Balaban J connectivity index is 2.04. The minimum atomic E-state index is -4.09. The van der Waals surface area contributed by atoms with Crippen molar-refractivity contribution < 1.29 is 18.0 Å². The van der Waals surface area contributed by atoms with Crippen LogP contribution in [0.1, 0.15) is 31.9 Å².